The molecule has 0 saturated heterocycles. The number of oxime groups is 1. The number of aromatic nitrogens is 4. The van der Waals surface area contributed by atoms with Gasteiger partial charge in [-0.25, -0.2) is 4.79 Å². The summed E-state index contributed by atoms with van der Waals surface area (Å²) in [6.07, 6.45) is 5.06. The molecule has 0 atom stereocenters. The number of nitrogens with zero attached hydrogens (tertiary/aromatic N) is 5. The Labute approximate surface area is 142 Å². The Bertz CT molecular complexity index is 850. The lowest BCUT2D eigenvalue weighted by atomic mass is 10.0. The van der Waals surface area contributed by atoms with Crippen LogP contribution in [-0.2, 0) is 12.8 Å². The van der Waals surface area contributed by atoms with Gasteiger partial charge in [-0.2, -0.15) is 9.36 Å². The zero-order valence-corrected chi connectivity index (χ0v) is 14.0. The molecule has 9 heteroatoms. The molecule has 0 aliphatic heterocycles. The molecule has 1 saturated carbocycles. The zero-order valence-electron chi connectivity index (χ0n) is 13.2. The van der Waals surface area contributed by atoms with Gasteiger partial charge >= 0.3 is 5.69 Å². The highest BCUT2D eigenvalue weighted by Crippen LogP contribution is 2.43. The Morgan fingerprint density at radius 3 is 2.92 bits per heavy atom. The van der Waals surface area contributed by atoms with Crippen molar-refractivity contribution in [2.75, 3.05) is 0 Å². The summed E-state index contributed by atoms with van der Waals surface area (Å²) in [5.41, 5.74) is 8.59. The number of nitrogens with two attached hydrogens (primary N) is 1. The van der Waals surface area contributed by atoms with Gasteiger partial charge in [0, 0.05) is 12.8 Å². The number of thioether (sulfide) groups is 1. The van der Waals surface area contributed by atoms with Crippen molar-refractivity contribution in [2.45, 2.75) is 24.5 Å². The van der Waals surface area contributed by atoms with Gasteiger partial charge in [-0.1, -0.05) is 17.3 Å². The average molecular weight is 346 g/mol. The maximum atomic E-state index is 12.2. The van der Waals surface area contributed by atoms with Crippen LogP contribution in [0.2, 0.25) is 0 Å². The number of hydrogen-bond donors (Lipinski definition) is 2. The van der Waals surface area contributed by atoms with Crippen LogP contribution >= 0.6 is 11.8 Å². The number of allylic oxidation sites excluding steroid dienone is 1. The summed E-state index contributed by atoms with van der Waals surface area (Å²) in [5, 5.41) is 19.6. The molecule has 0 bridgehead atoms. The molecule has 1 fully saturated rings. The van der Waals surface area contributed by atoms with Gasteiger partial charge in [0.05, 0.1) is 16.9 Å². The predicted molar refractivity (Wildman–Crippen MR) is 92.4 cm³/mol. The molecule has 0 unspecified atom stereocenters. The van der Waals surface area contributed by atoms with Gasteiger partial charge in [0.15, 0.2) is 0 Å². The van der Waals surface area contributed by atoms with Crippen LogP contribution in [0.25, 0.3) is 5.69 Å². The highest BCUT2D eigenvalue weighted by molar-refractivity contribution is 8.02. The van der Waals surface area contributed by atoms with E-state index in [2.05, 4.69) is 21.6 Å². The molecule has 24 heavy (non-hydrogen) atoms. The number of hydrogen-bond acceptors (Lipinski definition) is 7. The van der Waals surface area contributed by atoms with Crippen LogP contribution in [-0.4, -0.2) is 31.2 Å². The fraction of sp³-hybridized carbons (Fsp3) is 0.333. The number of benzene rings is 1. The van der Waals surface area contributed by atoms with Gasteiger partial charge in [0.2, 0.25) is 0 Å². The van der Waals surface area contributed by atoms with E-state index in [1.807, 2.05) is 12.1 Å². The second kappa shape index (κ2) is 6.91. The maximum Gasteiger partial charge on any atom is 0.368 e. The van der Waals surface area contributed by atoms with E-state index in [1.54, 1.807) is 7.05 Å². The number of aryl methyl sites for hydroxylation is 1. The van der Waals surface area contributed by atoms with E-state index >= 15 is 0 Å². The van der Waals surface area contributed by atoms with Gasteiger partial charge < -0.3 is 10.9 Å². The Kier molecular flexibility index (Phi) is 4.70. The lowest BCUT2D eigenvalue weighted by Crippen LogP contribution is -2.23. The third kappa shape index (κ3) is 3.35. The summed E-state index contributed by atoms with van der Waals surface area (Å²) >= 11 is 1.42. The van der Waals surface area contributed by atoms with E-state index in [-0.39, 0.29) is 5.69 Å². The smallest absolute Gasteiger partial charge is 0.368 e. The molecular formula is C15H18N6O2S. The quantitative estimate of drug-likeness (QED) is 0.464. The molecule has 1 aliphatic carbocycles. The van der Waals surface area contributed by atoms with Crippen molar-refractivity contribution in [1.82, 2.24) is 19.8 Å². The van der Waals surface area contributed by atoms with Crippen molar-refractivity contribution in [2.24, 2.45) is 17.9 Å². The molecule has 3 rings (SSSR count). The summed E-state index contributed by atoms with van der Waals surface area (Å²) in [6, 6.07) is 5.90. The van der Waals surface area contributed by atoms with Gasteiger partial charge in [-0.15, -0.1) is 11.8 Å². The molecule has 1 aromatic carbocycles. The topological polar surface area (TPSA) is 111 Å². The van der Waals surface area contributed by atoms with Crippen LogP contribution in [0.1, 0.15) is 29.9 Å². The molecule has 2 aromatic rings. The van der Waals surface area contributed by atoms with Crippen LogP contribution in [0.15, 0.2) is 39.3 Å². The molecule has 126 valence electrons. The van der Waals surface area contributed by atoms with Gasteiger partial charge in [0.1, 0.15) is 0 Å². The highest BCUT2D eigenvalue weighted by Gasteiger charge is 2.28. The number of rotatable bonds is 6. The normalized spacial score (nSPS) is 15.3. The Balaban J connectivity index is 1.98. The summed E-state index contributed by atoms with van der Waals surface area (Å²) in [6.45, 7) is 0. The second-order valence-corrected chi connectivity index (χ2v) is 6.59. The second-order valence-electron chi connectivity index (χ2n) is 5.54. The largest absolute Gasteiger partial charge is 0.411 e. The Hall–Kier alpha value is -2.55. The minimum Gasteiger partial charge on any atom is -0.411 e. The lowest BCUT2D eigenvalue weighted by molar-refractivity contribution is 0.322. The lowest BCUT2D eigenvalue weighted by Gasteiger charge is -2.13. The Morgan fingerprint density at radius 1 is 1.50 bits per heavy atom. The van der Waals surface area contributed by atoms with E-state index in [9.17, 15) is 4.79 Å². The monoisotopic (exact) mass is 346 g/mol. The number of tetrazole rings is 1. The molecule has 3 N–H and O–H groups in total. The standard InChI is InChI=1S/C15H18N6O2S/c1-20-15(22)21(19-18-20)13-4-2-3-11(10-5-6-10)12(13)9-24-14(16)7-8-17-23/h2-4,7-8,10,23H,5-6,9,16H2,1H3. The molecule has 1 aliphatic rings. The fourth-order valence-electron chi connectivity index (χ4n) is 2.50. The average Bonchev–Trinajstić information content (AvgIpc) is 3.38. The molecule has 1 heterocycles. The van der Waals surface area contributed by atoms with E-state index in [4.69, 9.17) is 10.9 Å². The van der Waals surface area contributed by atoms with E-state index in [1.165, 1.54) is 39.0 Å². The zero-order chi connectivity index (χ0) is 17.1. The molecule has 0 radical (unpaired) electrons. The summed E-state index contributed by atoms with van der Waals surface area (Å²) in [5.74, 6) is 1.12. The van der Waals surface area contributed by atoms with Gasteiger partial charge in [0.25, 0.3) is 0 Å². The third-order valence-corrected chi connectivity index (χ3v) is 4.75. The van der Waals surface area contributed by atoms with E-state index in [0.29, 0.717) is 16.7 Å². The minimum atomic E-state index is -0.287. The summed E-state index contributed by atoms with van der Waals surface area (Å²) in [7, 11) is 1.57. The summed E-state index contributed by atoms with van der Waals surface area (Å²) < 4.78 is 2.52. The van der Waals surface area contributed by atoms with Crippen LogP contribution < -0.4 is 11.4 Å². The maximum absolute atomic E-state index is 12.2. The first kappa shape index (κ1) is 16.3. The Morgan fingerprint density at radius 2 is 2.29 bits per heavy atom. The van der Waals surface area contributed by atoms with Crippen LogP contribution in [0.3, 0.4) is 0 Å². The SMILES string of the molecule is Cn1nnn(-c2cccc(C3CC3)c2CSC(N)=CC=NO)c1=O. The highest BCUT2D eigenvalue weighted by atomic mass is 32.2. The van der Waals surface area contributed by atoms with Crippen molar-refractivity contribution in [1.29, 1.82) is 0 Å². The third-order valence-electron chi connectivity index (χ3n) is 3.84. The first-order valence-corrected chi connectivity index (χ1v) is 8.47. The molecular weight excluding hydrogens is 328 g/mol. The molecule has 8 nitrogen and oxygen atoms in total. The van der Waals surface area contributed by atoms with Crippen molar-refractivity contribution in [3.63, 3.8) is 0 Å². The van der Waals surface area contributed by atoms with Crippen LogP contribution in [0.4, 0.5) is 0 Å². The van der Waals surface area contributed by atoms with E-state index in [0.717, 1.165) is 24.1 Å². The predicted octanol–water partition coefficient (Wildman–Crippen LogP) is 1.34. The van der Waals surface area contributed by atoms with Crippen molar-refractivity contribution >= 4 is 18.0 Å². The van der Waals surface area contributed by atoms with Crippen molar-refractivity contribution in [3.05, 3.63) is 50.9 Å². The van der Waals surface area contributed by atoms with Gasteiger partial charge in [-0.05, 0) is 52.5 Å². The van der Waals surface area contributed by atoms with E-state index < -0.39 is 0 Å². The molecule has 0 amide bonds. The van der Waals surface area contributed by atoms with Gasteiger partial charge in [-0.3, -0.25) is 0 Å². The first-order chi connectivity index (χ1) is 11.6. The van der Waals surface area contributed by atoms with Crippen LogP contribution in [0.5, 0.6) is 0 Å². The summed E-state index contributed by atoms with van der Waals surface area (Å²) in [4.78, 5) is 12.2. The van der Waals surface area contributed by atoms with Crippen molar-refractivity contribution < 1.29 is 5.21 Å². The minimum absolute atomic E-state index is 0.287. The fourth-order valence-corrected chi connectivity index (χ4v) is 3.28. The van der Waals surface area contributed by atoms with Crippen molar-refractivity contribution in [3.8, 4) is 5.69 Å². The molecule has 0 spiro atoms. The molecule has 1 aromatic heterocycles. The first-order valence-electron chi connectivity index (χ1n) is 7.49. The van der Waals surface area contributed by atoms with Crippen LogP contribution in [0, 0.1) is 0 Å².